The van der Waals surface area contributed by atoms with Gasteiger partial charge in [0.15, 0.2) is 0 Å². The maximum atomic E-state index is 12.5. The van der Waals surface area contributed by atoms with Gasteiger partial charge in [-0.1, -0.05) is 35.5 Å². The molecule has 0 N–H and O–H groups in total. The summed E-state index contributed by atoms with van der Waals surface area (Å²) >= 11 is 0. The molecule has 106 valence electrons. The summed E-state index contributed by atoms with van der Waals surface area (Å²) in [5.41, 5.74) is 2.49. The van der Waals surface area contributed by atoms with Gasteiger partial charge in [-0.15, -0.1) is 0 Å². The molecule has 1 aromatic carbocycles. The van der Waals surface area contributed by atoms with Gasteiger partial charge in [-0.25, -0.2) is 0 Å². The molecule has 0 spiro atoms. The molecule has 0 atom stereocenters. The number of nitrogens with zero attached hydrogens (tertiary/aromatic N) is 2. The third kappa shape index (κ3) is 3.07. The summed E-state index contributed by atoms with van der Waals surface area (Å²) in [6, 6.07) is 10.2. The highest BCUT2D eigenvalue weighted by Gasteiger charge is 2.22. The third-order valence-electron chi connectivity index (χ3n) is 3.43. The zero-order valence-electron chi connectivity index (χ0n) is 12.2. The molecule has 0 radical (unpaired) electrons. The van der Waals surface area contributed by atoms with E-state index < -0.39 is 0 Å². The first-order valence-corrected chi connectivity index (χ1v) is 6.89. The van der Waals surface area contributed by atoms with E-state index in [1.165, 1.54) is 5.56 Å². The lowest BCUT2D eigenvalue weighted by Gasteiger charge is -2.20. The fourth-order valence-corrected chi connectivity index (χ4v) is 2.26. The van der Waals surface area contributed by atoms with E-state index in [2.05, 4.69) is 17.3 Å². The van der Waals surface area contributed by atoms with Crippen LogP contribution in [0.3, 0.4) is 0 Å². The molecule has 4 heteroatoms. The first kappa shape index (κ1) is 14.3. The fourth-order valence-electron chi connectivity index (χ4n) is 2.26. The third-order valence-corrected chi connectivity index (χ3v) is 3.43. The summed E-state index contributed by atoms with van der Waals surface area (Å²) in [5, 5.41) is 3.85. The van der Waals surface area contributed by atoms with Crippen LogP contribution in [0.5, 0.6) is 0 Å². The number of amides is 1. The Morgan fingerprint density at radius 2 is 1.95 bits per heavy atom. The standard InChI is InChI=1S/C16H20N2O2/c1-4-18(11-10-14-8-6-5-7-9-14)16(19)15-12(2)17-20-13(15)3/h5-9H,4,10-11H2,1-3H3. The van der Waals surface area contributed by atoms with Crippen molar-refractivity contribution in [2.45, 2.75) is 27.2 Å². The highest BCUT2D eigenvalue weighted by Crippen LogP contribution is 2.15. The smallest absolute Gasteiger partial charge is 0.259 e. The van der Waals surface area contributed by atoms with E-state index in [4.69, 9.17) is 4.52 Å². The number of hydrogen-bond donors (Lipinski definition) is 0. The van der Waals surface area contributed by atoms with Gasteiger partial charge in [0.05, 0.1) is 5.69 Å². The Morgan fingerprint density at radius 1 is 1.25 bits per heavy atom. The van der Waals surface area contributed by atoms with Crippen molar-refractivity contribution in [3.05, 3.63) is 52.9 Å². The SMILES string of the molecule is CCN(CCc1ccccc1)C(=O)c1c(C)noc1C. The minimum Gasteiger partial charge on any atom is -0.361 e. The Bertz CT molecular complexity index is 556. The Labute approximate surface area is 119 Å². The second-order valence-electron chi connectivity index (χ2n) is 4.82. The molecule has 0 saturated heterocycles. The number of carbonyl (C=O) groups is 1. The van der Waals surface area contributed by atoms with E-state index in [-0.39, 0.29) is 5.91 Å². The lowest BCUT2D eigenvalue weighted by Crippen LogP contribution is -2.33. The van der Waals surface area contributed by atoms with Crippen LogP contribution < -0.4 is 0 Å². The van der Waals surface area contributed by atoms with Crippen molar-refractivity contribution in [2.75, 3.05) is 13.1 Å². The second-order valence-corrected chi connectivity index (χ2v) is 4.82. The van der Waals surface area contributed by atoms with Crippen molar-refractivity contribution in [1.82, 2.24) is 10.1 Å². The number of benzene rings is 1. The van der Waals surface area contributed by atoms with Gasteiger partial charge in [-0.05, 0) is 32.8 Å². The number of aromatic nitrogens is 1. The summed E-state index contributed by atoms with van der Waals surface area (Å²) in [4.78, 5) is 14.4. The number of rotatable bonds is 5. The Morgan fingerprint density at radius 3 is 2.50 bits per heavy atom. The summed E-state index contributed by atoms with van der Waals surface area (Å²) in [6.45, 7) is 6.94. The lowest BCUT2D eigenvalue weighted by molar-refractivity contribution is 0.0764. The van der Waals surface area contributed by atoms with Crippen LogP contribution in [0.15, 0.2) is 34.9 Å². The van der Waals surface area contributed by atoms with Crippen LogP contribution in [0.2, 0.25) is 0 Å². The van der Waals surface area contributed by atoms with Crippen molar-refractivity contribution in [3.63, 3.8) is 0 Å². The molecule has 1 heterocycles. The Balaban J connectivity index is 2.07. The first-order chi connectivity index (χ1) is 9.63. The molecule has 0 unspecified atom stereocenters. The predicted octanol–water partition coefficient (Wildman–Crippen LogP) is 3.00. The highest BCUT2D eigenvalue weighted by molar-refractivity contribution is 5.96. The van der Waals surface area contributed by atoms with Gasteiger partial charge in [-0.2, -0.15) is 0 Å². The maximum absolute atomic E-state index is 12.5. The number of carbonyl (C=O) groups excluding carboxylic acids is 1. The molecule has 0 aliphatic carbocycles. The van der Waals surface area contributed by atoms with Crippen LogP contribution in [0.4, 0.5) is 0 Å². The van der Waals surface area contributed by atoms with Crippen molar-refractivity contribution in [3.8, 4) is 0 Å². The number of hydrogen-bond acceptors (Lipinski definition) is 3. The number of aryl methyl sites for hydroxylation is 2. The normalized spacial score (nSPS) is 10.6. The second kappa shape index (κ2) is 6.37. The molecule has 0 aliphatic heterocycles. The van der Waals surface area contributed by atoms with Crippen molar-refractivity contribution in [2.24, 2.45) is 0 Å². The van der Waals surface area contributed by atoms with E-state index in [0.717, 1.165) is 6.42 Å². The van der Waals surface area contributed by atoms with Crippen LogP contribution >= 0.6 is 0 Å². The van der Waals surface area contributed by atoms with E-state index in [1.54, 1.807) is 13.8 Å². The monoisotopic (exact) mass is 272 g/mol. The van der Waals surface area contributed by atoms with Gasteiger partial charge in [0.2, 0.25) is 0 Å². The molecule has 1 amide bonds. The molecule has 4 nitrogen and oxygen atoms in total. The zero-order valence-corrected chi connectivity index (χ0v) is 12.2. The Kier molecular flexibility index (Phi) is 4.56. The lowest BCUT2D eigenvalue weighted by atomic mass is 10.1. The van der Waals surface area contributed by atoms with Crippen molar-refractivity contribution < 1.29 is 9.32 Å². The van der Waals surface area contributed by atoms with E-state index in [1.807, 2.05) is 30.0 Å². The molecule has 20 heavy (non-hydrogen) atoms. The van der Waals surface area contributed by atoms with Crippen molar-refractivity contribution in [1.29, 1.82) is 0 Å². The molecule has 1 aromatic heterocycles. The molecule has 0 aliphatic rings. The molecular formula is C16H20N2O2. The van der Waals surface area contributed by atoms with Crippen LogP contribution in [0, 0.1) is 13.8 Å². The van der Waals surface area contributed by atoms with Gasteiger partial charge >= 0.3 is 0 Å². The number of likely N-dealkylation sites (N-methyl/N-ethyl adjacent to an activating group) is 1. The van der Waals surface area contributed by atoms with Crippen LogP contribution in [-0.2, 0) is 6.42 Å². The molecular weight excluding hydrogens is 252 g/mol. The van der Waals surface area contributed by atoms with Crippen LogP contribution in [0.25, 0.3) is 0 Å². The predicted molar refractivity (Wildman–Crippen MR) is 77.7 cm³/mol. The van der Waals surface area contributed by atoms with Gasteiger partial charge in [-0.3, -0.25) is 4.79 Å². The molecule has 2 rings (SSSR count). The maximum Gasteiger partial charge on any atom is 0.259 e. The average Bonchev–Trinajstić information content (AvgIpc) is 2.79. The first-order valence-electron chi connectivity index (χ1n) is 6.89. The average molecular weight is 272 g/mol. The van der Waals surface area contributed by atoms with Gasteiger partial charge in [0.1, 0.15) is 11.3 Å². The minimum absolute atomic E-state index is 0.000295. The highest BCUT2D eigenvalue weighted by atomic mass is 16.5. The van der Waals surface area contributed by atoms with Crippen LogP contribution in [0.1, 0.15) is 34.3 Å². The molecule has 2 aromatic rings. The summed E-state index contributed by atoms with van der Waals surface area (Å²) in [7, 11) is 0. The summed E-state index contributed by atoms with van der Waals surface area (Å²) in [5.74, 6) is 0.588. The van der Waals surface area contributed by atoms with E-state index >= 15 is 0 Å². The largest absolute Gasteiger partial charge is 0.361 e. The molecule has 0 saturated carbocycles. The van der Waals surface area contributed by atoms with Gasteiger partial charge in [0, 0.05) is 13.1 Å². The van der Waals surface area contributed by atoms with Crippen LogP contribution in [-0.4, -0.2) is 29.1 Å². The van der Waals surface area contributed by atoms with Gasteiger partial charge < -0.3 is 9.42 Å². The summed E-state index contributed by atoms with van der Waals surface area (Å²) < 4.78 is 5.08. The fraction of sp³-hybridized carbons (Fsp3) is 0.375. The van der Waals surface area contributed by atoms with Crippen molar-refractivity contribution >= 4 is 5.91 Å². The topological polar surface area (TPSA) is 46.3 Å². The van der Waals surface area contributed by atoms with E-state index in [0.29, 0.717) is 30.1 Å². The Hall–Kier alpha value is -2.10. The van der Waals surface area contributed by atoms with Gasteiger partial charge in [0.25, 0.3) is 5.91 Å². The summed E-state index contributed by atoms with van der Waals surface area (Å²) in [6.07, 6.45) is 0.851. The zero-order chi connectivity index (χ0) is 14.5. The quantitative estimate of drug-likeness (QED) is 0.840. The molecule has 0 bridgehead atoms. The van der Waals surface area contributed by atoms with E-state index in [9.17, 15) is 4.79 Å². The minimum atomic E-state index is -0.000295. The molecule has 0 fully saturated rings.